The minimum absolute atomic E-state index is 0.137. The average Bonchev–Trinajstić information content (AvgIpc) is 2.98. The van der Waals surface area contributed by atoms with E-state index in [0.29, 0.717) is 11.3 Å². The monoisotopic (exact) mass is 350 g/mol. The van der Waals surface area contributed by atoms with Crippen LogP contribution in [0.5, 0.6) is 0 Å². The van der Waals surface area contributed by atoms with Gasteiger partial charge in [0.25, 0.3) is 0 Å². The number of hydrogen-bond donors (Lipinski definition) is 1. The van der Waals surface area contributed by atoms with E-state index in [9.17, 15) is 5.11 Å². The van der Waals surface area contributed by atoms with Gasteiger partial charge in [0.15, 0.2) is 5.79 Å². The summed E-state index contributed by atoms with van der Waals surface area (Å²) in [6.45, 7) is 4.53. The van der Waals surface area contributed by atoms with Gasteiger partial charge in [-0.3, -0.25) is 0 Å². The first-order valence-corrected chi connectivity index (χ1v) is 10.7. The van der Waals surface area contributed by atoms with Crippen molar-refractivity contribution in [2.75, 3.05) is 14.2 Å². The molecule has 8 atom stereocenters. The lowest BCUT2D eigenvalue weighted by atomic mass is 9.49. The lowest BCUT2D eigenvalue weighted by Gasteiger charge is -2.57. The average molecular weight is 351 g/mol. The Labute approximate surface area is 153 Å². The third-order valence-electron chi connectivity index (χ3n) is 9.35. The Hall–Kier alpha value is -0.120. The minimum atomic E-state index is -0.318. The van der Waals surface area contributed by atoms with Crippen LogP contribution < -0.4 is 0 Å². The van der Waals surface area contributed by atoms with E-state index in [2.05, 4.69) is 6.92 Å². The summed E-state index contributed by atoms with van der Waals surface area (Å²) in [5.74, 6) is 4.54. The van der Waals surface area contributed by atoms with Crippen molar-refractivity contribution in [2.45, 2.75) is 83.5 Å². The maximum Gasteiger partial charge on any atom is 0.167 e. The predicted octanol–water partition coefficient (Wildman–Crippen LogP) is 4.63. The Balaban J connectivity index is 1.52. The molecule has 0 heterocycles. The van der Waals surface area contributed by atoms with Crippen LogP contribution in [0.15, 0.2) is 0 Å². The molecule has 0 aromatic carbocycles. The van der Waals surface area contributed by atoms with Gasteiger partial charge in [-0.2, -0.15) is 0 Å². The molecule has 3 heteroatoms. The van der Waals surface area contributed by atoms with E-state index in [1.165, 1.54) is 44.9 Å². The summed E-state index contributed by atoms with van der Waals surface area (Å²) in [5.41, 5.74) is 0.389. The minimum Gasteiger partial charge on any atom is -0.393 e. The van der Waals surface area contributed by atoms with Crippen molar-refractivity contribution in [1.82, 2.24) is 0 Å². The Bertz CT molecular complexity index is 486. The fourth-order valence-corrected chi connectivity index (χ4v) is 8.11. The first-order chi connectivity index (χ1) is 11.9. The van der Waals surface area contributed by atoms with Crippen molar-refractivity contribution in [3.05, 3.63) is 0 Å². The molecule has 4 rings (SSSR count). The third kappa shape index (κ3) is 2.72. The van der Waals surface area contributed by atoms with Gasteiger partial charge in [0.2, 0.25) is 0 Å². The molecule has 4 aliphatic carbocycles. The molecule has 0 bridgehead atoms. The fraction of sp³-hybridized carbons (Fsp3) is 1.00. The van der Waals surface area contributed by atoms with Crippen molar-refractivity contribution in [1.29, 1.82) is 0 Å². The molecule has 144 valence electrons. The van der Waals surface area contributed by atoms with Gasteiger partial charge >= 0.3 is 0 Å². The SMILES string of the molecule is COC1(OC)CCC2C(CCC3C2CCC2(C)C(C(C)O)CCC32)C1. The molecular weight excluding hydrogens is 312 g/mol. The molecule has 0 radical (unpaired) electrons. The molecule has 4 aliphatic rings. The summed E-state index contributed by atoms with van der Waals surface area (Å²) in [7, 11) is 3.63. The van der Waals surface area contributed by atoms with Crippen LogP contribution in [0.2, 0.25) is 0 Å². The van der Waals surface area contributed by atoms with Crippen LogP contribution in [-0.4, -0.2) is 31.2 Å². The lowest BCUT2D eigenvalue weighted by molar-refractivity contribution is -0.247. The second-order valence-corrected chi connectivity index (χ2v) is 9.97. The molecule has 3 nitrogen and oxygen atoms in total. The van der Waals surface area contributed by atoms with E-state index in [1.54, 1.807) is 0 Å². The van der Waals surface area contributed by atoms with E-state index in [0.717, 1.165) is 42.4 Å². The molecule has 0 aromatic heterocycles. The molecule has 0 spiro atoms. The number of aliphatic hydroxyl groups is 1. The van der Waals surface area contributed by atoms with Gasteiger partial charge in [0, 0.05) is 27.1 Å². The van der Waals surface area contributed by atoms with Gasteiger partial charge in [-0.05, 0) is 92.8 Å². The number of aliphatic hydroxyl groups excluding tert-OH is 1. The summed E-state index contributed by atoms with van der Waals surface area (Å²) >= 11 is 0. The van der Waals surface area contributed by atoms with Gasteiger partial charge < -0.3 is 14.6 Å². The summed E-state index contributed by atoms with van der Waals surface area (Å²) in [4.78, 5) is 0. The maximum atomic E-state index is 10.3. The van der Waals surface area contributed by atoms with Gasteiger partial charge in [0.1, 0.15) is 0 Å². The van der Waals surface area contributed by atoms with Crippen molar-refractivity contribution < 1.29 is 14.6 Å². The fourth-order valence-electron chi connectivity index (χ4n) is 8.11. The molecule has 8 unspecified atom stereocenters. The van der Waals surface area contributed by atoms with Crippen LogP contribution in [-0.2, 0) is 9.47 Å². The van der Waals surface area contributed by atoms with Crippen molar-refractivity contribution >= 4 is 0 Å². The Morgan fingerprint density at radius 3 is 2.28 bits per heavy atom. The van der Waals surface area contributed by atoms with E-state index in [-0.39, 0.29) is 11.9 Å². The topological polar surface area (TPSA) is 38.7 Å². The van der Waals surface area contributed by atoms with E-state index >= 15 is 0 Å². The number of hydrogen-bond acceptors (Lipinski definition) is 3. The zero-order valence-electron chi connectivity index (χ0n) is 16.7. The second kappa shape index (κ2) is 6.49. The number of rotatable bonds is 3. The maximum absolute atomic E-state index is 10.3. The van der Waals surface area contributed by atoms with Crippen molar-refractivity contribution in [3.8, 4) is 0 Å². The van der Waals surface area contributed by atoms with Gasteiger partial charge in [0.05, 0.1) is 6.10 Å². The smallest absolute Gasteiger partial charge is 0.167 e. The van der Waals surface area contributed by atoms with E-state index < -0.39 is 0 Å². The molecule has 4 fully saturated rings. The van der Waals surface area contributed by atoms with Gasteiger partial charge in [-0.15, -0.1) is 0 Å². The van der Waals surface area contributed by atoms with Gasteiger partial charge in [-0.1, -0.05) is 6.92 Å². The molecule has 0 saturated heterocycles. The Morgan fingerprint density at radius 1 is 0.880 bits per heavy atom. The number of methoxy groups -OCH3 is 2. The first-order valence-electron chi connectivity index (χ1n) is 10.7. The number of ether oxygens (including phenoxy) is 2. The van der Waals surface area contributed by atoms with Crippen LogP contribution in [0, 0.1) is 40.9 Å². The van der Waals surface area contributed by atoms with Crippen LogP contribution in [0.3, 0.4) is 0 Å². The molecule has 1 N–H and O–H groups in total. The van der Waals surface area contributed by atoms with Crippen LogP contribution >= 0.6 is 0 Å². The standard InChI is InChI=1S/C22H38O3/c1-14(23)19-7-8-20-18-6-5-15-13-22(24-3,25-4)12-10-16(15)17(18)9-11-21(19,20)2/h14-20,23H,5-13H2,1-4H3. The zero-order valence-corrected chi connectivity index (χ0v) is 16.7. The quantitative estimate of drug-likeness (QED) is 0.755. The third-order valence-corrected chi connectivity index (χ3v) is 9.35. The summed E-state index contributed by atoms with van der Waals surface area (Å²) in [5, 5.41) is 10.3. The predicted molar refractivity (Wildman–Crippen MR) is 99.0 cm³/mol. The van der Waals surface area contributed by atoms with E-state index in [1.807, 2.05) is 21.1 Å². The zero-order chi connectivity index (χ0) is 17.8. The summed E-state index contributed by atoms with van der Waals surface area (Å²) in [6.07, 6.45) is 11.3. The van der Waals surface area contributed by atoms with Gasteiger partial charge in [-0.25, -0.2) is 0 Å². The highest BCUT2D eigenvalue weighted by atomic mass is 16.7. The highest BCUT2D eigenvalue weighted by molar-refractivity contribution is 5.07. The molecular formula is C22H38O3. The summed E-state index contributed by atoms with van der Waals surface area (Å²) in [6, 6.07) is 0. The normalized spacial score (nSPS) is 49.8. The largest absolute Gasteiger partial charge is 0.393 e. The second-order valence-electron chi connectivity index (χ2n) is 9.97. The van der Waals surface area contributed by atoms with Crippen LogP contribution in [0.25, 0.3) is 0 Å². The van der Waals surface area contributed by atoms with Crippen molar-refractivity contribution in [2.24, 2.45) is 40.9 Å². The van der Waals surface area contributed by atoms with E-state index in [4.69, 9.17) is 9.47 Å². The summed E-state index contributed by atoms with van der Waals surface area (Å²) < 4.78 is 11.6. The Morgan fingerprint density at radius 2 is 1.60 bits per heavy atom. The van der Waals surface area contributed by atoms with Crippen LogP contribution in [0.1, 0.15) is 71.6 Å². The molecule has 0 aliphatic heterocycles. The highest BCUT2D eigenvalue weighted by Gasteiger charge is 2.58. The van der Waals surface area contributed by atoms with Crippen LogP contribution in [0.4, 0.5) is 0 Å². The lowest BCUT2D eigenvalue weighted by Crippen LogP contribution is -2.52. The number of fused-ring (bicyclic) bond motifs is 5. The van der Waals surface area contributed by atoms with Crippen molar-refractivity contribution in [3.63, 3.8) is 0 Å². The Kier molecular flexibility index (Phi) is 4.74. The molecule has 0 amide bonds. The molecule has 4 saturated carbocycles. The first kappa shape index (κ1) is 18.3. The molecule has 0 aromatic rings. The molecule has 25 heavy (non-hydrogen) atoms. The highest BCUT2D eigenvalue weighted by Crippen LogP contribution is 2.65.